The summed E-state index contributed by atoms with van der Waals surface area (Å²) in [6.07, 6.45) is 5.48. The molecule has 144 valence electrons. The first-order valence-corrected chi connectivity index (χ1v) is 9.86. The van der Waals surface area contributed by atoms with Crippen molar-refractivity contribution in [3.05, 3.63) is 53.5 Å². The van der Waals surface area contributed by atoms with Crippen molar-refractivity contribution in [2.75, 3.05) is 30.3 Å². The van der Waals surface area contributed by atoms with E-state index < -0.39 is 0 Å². The van der Waals surface area contributed by atoms with Crippen LogP contribution in [-0.4, -0.2) is 45.7 Å². The number of nitrogens with zero attached hydrogens (tertiary/aromatic N) is 5. The van der Waals surface area contributed by atoms with Crippen molar-refractivity contribution in [3.8, 4) is 11.3 Å². The van der Waals surface area contributed by atoms with Crippen molar-refractivity contribution >= 4 is 23.2 Å². The standard InChI is InChI=1S/C20H21ClN6O/c21-14-3-1-2-13(10-14)16-11-18(28-25-16)17-5-4-15-12-26(8-9-27(15)17)20-19(22)23-6-7-24-20/h1-3,6-7,10-11,15,17H,4-5,8-9,12H2,(H2,22,23)/t15-,17+/m0/s1. The number of fused-ring (bicyclic) bond motifs is 1. The van der Waals surface area contributed by atoms with Gasteiger partial charge in [-0.3, -0.25) is 4.90 Å². The van der Waals surface area contributed by atoms with Crippen molar-refractivity contribution < 1.29 is 4.52 Å². The number of piperazine rings is 1. The minimum atomic E-state index is 0.256. The molecule has 3 aromatic rings. The van der Waals surface area contributed by atoms with Crippen LogP contribution in [0.25, 0.3) is 11.3 Å². The van der Waals surface area contributed by atoms with E-state index in [0.29, 0.717) is 16.9 Å². The molecule has 2 N–H and O–H groups in total. The van der Waals surface area contributed by atoms with E-state index in [1.165, 1.54) is 0 Å². The summed E-state index contributed by atoms with van der Waals surface area (Å²) in [5.41, 5.74) is 7.81. The van der Waals surface area contributed by atoms with E-state index in [-0.39, 0.29) is 6.04 Å². The predicted octanol–water partition coefficient (Wildman–Crippen LogP) is 3.39. The molecule has 2 aromatic heterocycles. The van der Waals surface area contributed by atoms with Crippen LogP contribution in [-0.2, 0) is 0 Å². The number of anilines is 2. The highest BCUT2D eigenvalue weighted by molar-refractivity contribution is 6.30. The zero-order chi connectivity index (χ0) is 19.1. The molecule has 1 aromatic carbocycles. The van der Waals surface area contributed by atoms with Gasteiger partial charge in [-0.1, -0.05) is 28.9 Å². The Kier molecular flexibility index (Phi) is 4.41. The van der Waals surface area contributed by atoms with E-state index in [0.717, 1.165) is 55.3 Å². The zero-order valence-corrected chi connectivity index (χ0v) is 16.1. The van der Waals surface area contributed by atoms with Gasteiger partial charge in [0.2, 0.25) is 0 Å². The van der Waals surface area contributed by atoms with Gasteiger partial charge < -0.3 is 15.2 Å². The van der Waals surface area contributed by atoms with Crippen LogP contribution < -0.4 is 10.6 Å². The van der Waals surface area contributed by atoms with E-state index >= 15 is 0 Å². The molecule has 0 saturated carbocycles. The molecule has 5 rings (SSSR count). The molecule has 2 fully saturated rings. The normalized spacial score (nSPS) is 22.4. The maximum atomic E-state index is 6.11. The van der Waals surface area contributed by atoms with E-state index in [9.17, 15) is 0 Å². The average molecular weight is 397 g/mol. The number of halogens is 1. The first-order chi connectivity index (χ1) is 13.7. The summed E-state index contributed by atoms with van der Waals surface area (Å²) in [5.74, 6) is 2.20. The van der Waals surface area contributed by atoms with Gasteiger partial charge in [0.05, 0.1) is 6.04 Å². The first-order valence-electron chi connectivity index (χ1n) is 9.49. The minimum Gasteiger partial charge on any atom is -0.381 e. The lowest BCUT2D eigenvalue weighted by molar-refractivity contribution is 0.153. The molecule has 0 amide bonds. The van der Waals surface area contributed by atoms with Gasteiger partial charge in [-0.15, -0.1) is 0 Å². The maximum Gasteiger partial charge on any atom is 0.171 e. The topological polar surface area (TPSA) is 84.3 Å². The second kappa shape index (κ2) is 7.07. The van der Waals surface area contributed by atoms with Crippen molar-refractivity contribution in [2.45, 2.75) is 24.9 Å². The number of rotatable bonds is 3. The van der Waals surface area contributed by atoms with Crippen LogP contribution in [0.3, 0.4) is 0 Å². The van der Waals surface area contributed by atoms with Crippen molar-refractivity contribution in [2.24, 2.45) is 0 Å². The van der Waals surface area contributed by atoms with E-state index in [1.54, 1.807) is 12.4 Å². The molecule has 28 heavy (non-hydrogen) atoms. The van der Waals surface area contributed by atoms with Gasteiger partial charge in [-0.05, 0) is 25.0 Å². The summed E-state index contributed by atoms with van der Waals surface area (Å²) in [6.45, 7) is 2.69. The van der Waals surface area contributed by atoms with Gasteiger partial charge in [-0.25, -0.2) is 9.97 Å². The molecule has 4 heterocycles. The molecule has 2 atom stereocenters. The predicted molar refractivity (Wildman–Crippen MR) is 108 cm³/mol. The monoisotopic (exact) mass is 396 g/mol. The fraction of sp³-hybridized carbons (Fsp3) is 0.350. The molecule has 2 saturated heterocycles. The van der Waals surface area contributed by atoms with Crippen LogP contribution in [0.15, 0.2) is 47.2 Å². The average Bonchev–Trinajstić information content (AvgIpc) is 3.35. The highest BCUT2D eigenvalue weighted by atomic mass is 35.5. The molecule has 8 heteroatoms. The van der Waals surface area contributed by atoms with E-state index in [2.05, 4.69) is 24.9 Å². The Morgan fingerprint density at radius 1 is 1.11 bits per heavy atom. The van der Waals surface area contributed by atoms with Crippen molar-refractivity contribution in [1.29, 1.82) is 0 Å². The molecule has 0 spiro atoms. The molecule has 7 nitrogen and oxygen atoms in total. The first kappa shape index (κ1) is 17.5. The fourth-order valence-electron chi connectivity index (χ4n) is 4.37. The van der Waals surface area contributed by atoms with Gasteiger partial charge in [0.25, 0.3) is 0 Å². The van der Waals surface area contributed by atoms with Crippen molar-refractivity contribution in [1.82, 2.24) is 20.0 Å². The SMILES string of the molecule is Nc1nccnc1N1CCN2[C@@H](CC[C@@H]2c2cc(-c3cccc(Cl)c3)no2)C1. The summed E-state index contributed by atoms with van der Waals surface area (Å²) < 4.78 is 5.73. The lowest BCUT2D eigenvalue weighted by Gasteiger charge is -2.40. The third-order valence-corrected chi connectivity index (χ3v) is 5.92. The zero-order valence-electron chi connectivity index (χ0n) is 15.3. The largest absolute Gasteiger partial charge is 0.381 e. The van der Waals surface area contributed by atoms with E-state index in [4.69, 9.17) is 21.9 Å². The smallest absolute Gasteiger partial charge is 0.171 e. The summed E-state index contributed by atoms with van der Waals surface area (Å²) in [6, 6.07) is 10.4. The van der Waals surface area contributed by atoms with Crippen LogP contribution in [0.1, 0.15) is 24.6 Å². The second-order valence-electron chi connectivity index (χ2n) is 7.32. The number of hydrogen-bond acceptors (Lipinski definition) is 7. The molecule has 0 radical (unpaired) electrons. The Morgan fingerprint density at radius 2 is 2.00 bits per heavy atom. The molecule has 0 bridgehead atoms. The van der Waals surface area contributed by atoms with Crippen LogP contribution in [0.2, 0.25) is 5.02 Å². The number of hydrogen-bond donors (Lipinski definition) is 1. The summed E-state index contributed by atoms with van der Waals surface area (Å²) in [7, 11) is 0. The van der Waals surface area contributed by atoms with Gasteiger partial charge >= 0.3 is 0 Å². The number of nitrogens with two attached hydrogens (primary N) is 1. The highest BCUT2D eigenvalue weighted by Gasteiger charge is 2.40. The third kappa shape index (κ3) is 3.10. The van der Waals surface area contributed by atoms with Crippen molar-refractivity contribution in [3.63, 3.8) is 0 Å². The maximum absolute atomic E-state index is 6.11. The summed E-state index contributed by atoms with van der Waals surface area (Å²) in [5, 5.41) is 4.98. The summed E-state index contributed by atoms with van der Waals surface area (Å²) >= 11 is 6.11. The number of benzene rings is 1. The van der Waals surface area contributed by atoms with Crippen LogP contribution in [0, 0.1) is 0 Å². The molecule has 0 aliphatic carbocycles. The van der Waals surface area contributed by atoms with E-state index in [1.807, 2.05) is 30.3 Å². The number of aromatic nitrogens is 3. The van der Waals surface area contributed by atoms with Crippen LogP contribution >= 0.6 is 11.6 Å². The fourth-order valence-corrected chi connectivity index (χ4v) is 4.56. The van der Waals surface area contributed by atoms with Crippen LogP contribution in [0.4, 0.5) is 11.6 Å². The van der Waals surface area contributed by atoms with Gasteiger partial charge in [0.15, 0.2) is 17.4 Å². The Hall–Kier alpha value is -2.64. The Bertz CT molecular complexity index is 992. The minimum absolute atomic E-state index is 0.256. The molecular weight excluding hydrogens is 376 g/mol. The molecule has 2 aliphatic heterocycles. The second-order valence-corrected chi connectivity index (χ2v) is 7.76. The van der Waals surface area contributed by atoms with Gasteiger partial charge in [0.1, 0.15) is 5.69 Å². The quantitative estimate of drug-likeness (QED) is 0.726. The highest BCUT2D eigenvalue weighted by Crippen LogP contribution is 2.39. The third-order valence-electron chi connectivity index (χ3n) is 5.68. The number of nitrogen functional groups attached to an aromatic ring is 1. The lowest BCUT2D eigenvalue weighted by Crippen LogP contribution is -2.51. The van der Waals surface area contributed by atoms with Crippen LogP contribution in [0.5, 0.6) is 0 Å². The lowest BCUT2D eigenvalue weighted by atomic mass is 10.1. The Morgan fingerprint density at radius 3 is 2.86 bits per heavy atom. The molecule has 2 aliphatic rings. The molecular formula is C20H21ClN6O. The summed E-state index contributed by atoms with van der Waals surface area (Å²) in [4.78, 5) is 13.3. The Labute approximate surface area is 168 Å². The van der Waals surface area contributed by atoms with Gasteiger partial charge in [0, 0.05) is 54.7 Å². The molecule has 0 unspecified atom stereocenters. The Balaban J connectivity index is 1.33. The van der Waals surface area contributed by atoms with Gasteiger partial charge in [-0.2, -0.15) is 0 Å².